The summed E-state index contributed by atoms with van der Waals surface area (Å²) < 4.78 is 6.14. The van der Waals surface area contributed by atoms with Gasteiger partial charge in [-0.1, -0.05) is 0 Å². The first-order chi connectivity index (χ1) is 11.9. The molecule has 122 valence electrons. The van der Waals surface area contributed by atoms with Crippen molar-refractivity contribution in [3.05, 3.63) is 91.0 Å². The van der Waals surface area contributed by atoms with Crippen molar-refractivity contribution in [3.8, 4) is 0 Å². The monoisotopic (exact) mass is 422 g/mol. The fourth-order valence-electron chi connectivity index (χ4n) is 3.74. The van der Waals surface area contributed by atoms with Crippen LogP contribution in [0.4, 0.5) is 0 Å². The van der Waals surface area contributed by atoms with E-state index in [0.29, 0.717) is 0 Å². The molecule has 3 aromatic rings. The molecule has 0 aliphatic heterocycles. The molecule has 3 rings (SSSR count). The van der Waals surface area contributed by atoms with Gasteiger partial charge in [0.1, 0.15) is 0 Å². The number of hydrogen-bond donors (Lipinski definition) is 0. The third kappa shape index (κ3) is 3.59. The van der Waals surface area contributed by atoms with E-state index in [1.807, 2.05) is 0 Å². The molecule has 0 heterocycles. The SMILES string of the molecule is CCCC[CH2][Sn]([c]1ccccc1)([c]1ccccc1)[c]1ccccc1. The summed E-state index contributed by atoms with van der Waals surface area (Å²) in [6.45, 7) is 2.30. The molecule has 1 heteroatoms. The minimum atomic E-state index is -2.93. The average Bonchev–Trinajstić information content (AvgIpc) is 2.68. The summed E-state index contributed by atoms with van der Waals surface area (Å²) in [5, 5.41) is 0. The molecule has 24 heavy (non-hydrogen) atoms. The van der Waals surface area contributed by atoms with Crippen LogP contribution >= 0.6 is 0 Å². The molecule has 0 saturated heterocycles. The van der Waals surface area contributed by atoms with Crippen molar-refractivity contribution < 1.29 is 0 Å². The van der Waals surface area contributed by atoms with Crippen molar-refractivity contribution in [3.63, 3.8) is 0 Å². The Morgan fingerprint density at radius 2 is 0.917 bits per heavy atom. The van der Waals surface area contributed by atoms with Crippen LogP contribution in [0.5, 0.6) is 0 Å². The van der Waals surface area contributed by atoms with Crippen LogP contribution in [0.25, 0.3) is 0 Å². The molecule has 0 amide bonds. The summed E-state index contributed by atoms with van der Waals surface area (Å²) in [6.07, 6.45) is 3.93. The number of unbranched alkanes of at least 4 members (excludes halogenated alkanes) is 2. The van der Waals surface area contributed by atoms with Crippen LogP contribution in [0.3, 0.4) is 0 Å². The van der Waals surface area contributed by atoms with E-state index >= 15 is 0 Å². The van der Waals surface area contributed by atoms with Crippen LogP contribution in [-0.4, -0.2) is 18.4 Å². The Labute approximate surface area is 150 Å². The molecule has 0 nitrogen and oxygen atoms in total. The minimum absolute atomic E-state index is 1.28. The van der Waals surface area contributed by atoms with Crippen LogP contribution < -0.4 is 10.7 Å². The number of benzene rings is 3. The Morgan fingerprint density at radius 1 is 0.542 bits per heavy atom. The summed E-state index contributed by atoms with van der Waals surface area (Å²) >= 11 is -2.93. The van der Waals surface area contributed by atoms with E-state index < -0.39 is 18.4 Å². The number of rotatable bonds is 7. The first-order valence-electron chi connectivity index (χ1n) is 9.04. The van der Waals surface area contributed by atoms with Gasteiger partial charge < -0.3 is 0 Å². The van der Waals surface area contributed by atoms with Gasteiger partial charge in [-0.25, -0.2) is 0 Å². The van der Waals surface area contributed by atoms with Crippen molar-refractivity contribution in [1.29, 1.82) is 0 Å². The summed E-state index contributed by atoms with van der Waals surface area (Å²) in [5.41, 5.74) is 0. The Balaban J connectivity index is 2.20. The molecule has 0 aromatic heterocycles. The molecule has 0 aliphatic rings. The van der Waals surface area contributed by atoms with E-state index in [2.05, 4.69) is 97.9 Å². The van der Waals surface area contributed by atoms with Gasteiger partial charge in [-0.2, -0.15) is 0 Å². The van der Waals surface area contributed by atoms with E-state index in [1.54, 1.807) is 10.7 Å². The Hall–Kier alpha value is -1.54. The van der Waals surface area contributed by atoms with Crippen molar-refractivity contribution in [2.24, 2.45) is 0 Å². The van der Waals surface area contributed by atoms with Crippen molar-refractivity contribution >= 4 is 29.1 Å². The zero-order valence-electron chi connectivity index (χ0n) is 14.5. The maximum absolute atomic E-state index is 2.93. The molecule has 0 N–H and O–H groups in total. The van der Waals surface area contributed by atoms with Gasteiger partial charge in [-0.15, -0.1) is 0 Å². The van der Waals surface area contributed by atoms with Gasteiger partial charge in [-0.05, 0) is 0 Å². The van der Waals surface area contributed by atoms with Crippen LogP contribution in [0.1, 0.15) is 26.2 Å². The zero-order valence-corrected chi connectivity index (χ0v) is 17.3. The molecule has 0 bridgehead atoms. The first-order valence-corrected chi connectivity index (χ1v) is 15.3. The molecule has 0 fully saturated rings. The van der Waals surface area contributed by atoms with Gasteiger partial charge in [0.05, 0.1) is 0 Å². The quantitative estimate of drug-likeness (QED) is 0.393. The van der Waals surface area contributed by atoms with Crippen LogP contribution in [0.2, 0.25) is 4.44 Å². The van der Waals surface area contributed by atoms with Gasteiger partial charge in [-0.3, -0.25) is 0 Å². The average molecular weight is 421 g/mol. The third-order valence-electron chi connectivity index (χ3n) is 4.96. The molecule has 0 unspecified atom stereocenters. The van der Waals surface area contributed by atoms with Gasteiger partial charge in [0.15, 0.2) is 0 Å². The van der Waals surface area contributed by atoms with Crippen LogP contribution in [-0.2, 0) is 0 Å². The molecular formula is C23H26Sn. The molecule has 0 aliphatic carbocycles. The summed E-state index contributed by atoms with van der Waals surface area (Å²) in [7, 11) is 0. The summed E-state index contributed by atoms with van der Waals surface area (Å²) in [6, 6.07) is 34.0. The molecule has 3 aromatic carbocycles. The normalized spacial score (nSPS) is 11.4. The van der Waals surface area contributed by atoms with Crippen molar-refractivity contribution in [1.82, 2.24) is 0 Å². The van der Waals surface area contributed by atoms with E-state index in [4.69, 9.17) is 0 Å². The fourth-order valence-corrected chi connectivity index (χ4v) is 17.8. The van der Waals surface area contributed by atoms with Crippen LogP contribution in [0.15, 0.2) is 91.0 Å². The van der Waals surface area contributed by atoms with Gasteiger partial charge >= 0.3 is 151 Å². The predicted octanol–water partition coefficient (Wildman–Crippen LogP) is 4.35. The summed E-state index contributed by atoms with van der Waals surface area (Å²) in [5.74, 6) is 0. The Kier molecular flexibility index (Phi) is 6.14. The topological polar surface area (TPSA) is 0 Å². The number of hydrogen-bond acceptors (Lipinski definition) is 0. The van der Waals surface area contributed by atoms with E-state index in [0.717, 1.165) is 0 Å². The second-order valence-electron chi connectivity index (χ2n) is 6.46. The van der Waals surface area contributed by atoms with Gasteiger partial charge in [0, 0.05) is 0 Å². The zero-order chi connectivity index (χ0) is 16.7. The first kappa shape index (κ1) is 17.3. The second kappa shape index (κ2) is 8.53. The molecular weight excluding hydrogens is 395 g/mol. The van der Waals surface area contributed by atoms with E-state index in [9.17, 15) is 0 Å². The predicted molar refractivity (Wildman–Crippen MR) is 108 cm³/mol. The molecule has 0 radical (unpaired) electrons. The Bertz CT molecular complexity index is 623. The standard InChI is InChI=1S/3C6H5.C5H11.Sn/c3*1-2-4-6-5-3-1;1-3-5-4-2;/h3*1-5H;1,3-5H2,2H3;. The van der Waals surface area contributed by atoms with Gasteiger partial charge in [0.2, 0.25) is 0 Å². The Morgan fingerprint density at radius 3 is 1.25 bits per heavy atom. The van der Waals surface area contributed by atoms with Crippen LogP contribution in [0, 0.1) is 0 Å². The maximum atomic E-state index is 2.38. The van der Waals surface area contributed by atoms with Crippen molar-refractivity contribution in [2.75, 3.05) is 0 Å². The van der Waals surface area contributed by atoms with E-state index in [-0.39, 0.29) is 0 Å². The van der Waals surface area contributed by atoms with E-state index in [1.165, 1.54) is 23.7 Å². The summed E-state index contributed by atoms with van der Waals surface area (Å²) in [4.78, 5) is 0. The third-order valence-corrected chi connectivity index (χ3v) is 19.4. The van der Waals surface area contributed by atoms with Crippen molar-refractivity contribution in [2.45, 2.75) is 30.6 Å². The van der Waals surface area contributed by atoms with Gasteiger partial charge in [0.25, 0.3) is 0 Å². The molecule has 0 atom stereocenters. The molecule has 0 saturated carbocycles. The molecule has 0 spiro atoms. The fraction of sp³-hybridized carbons (Fsp3) is 0.217. The second-order valence-corrected chi connectivity index (χ2v) is 18.0.